The first-order valence-corrected chi connectivity index (χ1v) is 12.5. The van der Waals surface area contributed by atoms with Gasteiger partial charge in [-0.1, -0.05) is 25.2 Å². The van der Waals surface area contributed by atoms with E-state index in [-0.39, 0.29) is 32.2 Å². The normalized spacial score (nSPS) is 29.0. The number of halogens is 5. The minimum atomic E-state index is -4.21. The van der Waals surface area contributed by atoms with Gasteiger partial charge in [-0.2, -0.15) is 8.78 Å². The second-order valence-corrected chi connectivity index (χ2v) is 11.6. The number of carboxylic acids is 2. The van der Waals surface area contributed by atoms with Gasteiger partial charge in [-0.05, 0) is 42.4 Å². The molecule has 11 heteroatoms. The van der Waals surface area contributed by atoms with Crippen LogP contribution in [-0.4, -0.2) is 47.7 Å². The number of allylic oxidation sites excluding steroid dienone is 4. The monoisotopic (exact) mass is 562 g/mol. The third-order valence-electron chi connectivity index (χ3n) is 4.90. The lowest BCUT2D eigenvalue weighted by molar-refractivity contribution is -0.136. The lowest BCUT2D eigenvalue weighted by Gasteiger charge is -2.27. The molecule has 2 N–H and O–H groups in total. The van der Waals surface area contributed by atoms with Gasteiger partial charge in [0.05, 0.1) is 0 Å². The average molecular weight is 562 g/mol. The summed E-state index contributed by atoms with van der Waals surface area (Å²) in [6, 6.07) is 1.07. The van der Waals surface area contributed by atoms with Crippen LogP contribution in [0.5, 0.6) is 0 Å². The minimum Gasteiger partial charge on any atom is -0.480 e. The van der Waals surface area contributed by atoms with Gasteiger partial charge in [0.2, 0.25) is 0 Å². The van der Waals surface area contributed by atoms with Gasteiger partial charge < -0.3 is 10.2 Å². The van der Waals surface area contributed by atoms with Crippen LogP contribution in [0.15, 0.2) is 22.1 Å². The largest absolute Gasteiger partial charge is 0.480 e. The summed E-state index contributed by atoms with van der Waals surface area (Å²) >= 11 is -0.529. The molecule has 2 heterocycles. The number of alkyl halides is 5. The number of carboxylic acid groups (broad SMARTS) is 2. The third kappa shape index (κ3) is 3.29. The van der Waals surface area contributed by atoms with Crippen molar-refractivity contribution in [2.75, 3.05) is 0 Å². The van der Waals surface area contributed by atoms with Crippen LogP contribution in [-0.2, 0) is 4.79 Å². The molecule has 0 radical (unpaired) electrons. The number of rotatable bonds is 5. The quantitative estimate of drug-likeness (QED) is 0.285. The summed E-state index contributed by atoms with van der Waals surface area (Å²) in [5.74, 6) is -6.72. The van der Waals surface area contributed by atoms with Gasteiger partial charge in [-0.25, -0.2) is 13.6 Å². The van der Waals surface area contributed by atoms with Crippen LogP contribution in [0.4, 0.5) is 17.6 Å². The van der Waals surface area contributed by atoms with E-state index in [0.29, 0.717) is 0 Å². The Balaban J connectivity index is 2.31. The first kappa shape index (κ1) is 22.5. The van der Waals surface area contributed by atoms with E-state index >= 15 is 17.6 Å². The topological polar surface area (TPSA) is 74.6 Å². The van der Waals surface area contributed by atoms with Crippen molar-refractivity contribution in [1.29, 1.82) is 0 Å². The van der Waals surface area contributed by atoms with E-state index in [9.17, 15) is 19.8 Å². The van der Waals surface area contributed by atoms with E-state index < -0.39 is 64.8 Å². The Morgan fingerprint density at radius 2 is 1.90 bits per heavy atom. The molecule has 0 saturated carbocycles. The Kier molecular flexibility index (Phi) is 5.80. The lowest BCUT2D eigenvalue weighted by Crippen LogP contribution is -2.42. The highest BCUT2D eigenvalue weighted by Gasteiger charge is 2.69. The minimum absolute atomic E-state index is 0.0874. The standard InChI is InChI=1S/C18H15F4IO4S2/c1-6-8(4-10(28-6)15(24)25)12-13(9-5-11(16(26)27)29-7(9)2)17(20,21)18(22,23-3)14(12)19/h4,11,14H,3,5H2,1-2H3,(H,24,25)(H,26,27)/t11?,14-,18+/m1/s1. The molecule has 2 aliphatic rings. The van der Waals surface area contributed by atoms with Gasteiger partial charge in [0.25, 0.3) is 3.68 Å². The van der Waals surface area contributed by atoms with Gasteiger partial charge in [0, 0.05) is 16.0 Å². The van der Waals surface area contributed by atoms with Gasteiger partial charge in [-0.15, -0.1) is 23.1 Å². The summed E-state index contributed by atoms with van der Waals surface area (Å²) in [4.78, 5) is 22.9. The van der Waals surface area contributed by atoms with Gasteiger partial charge in [0.1, 0.15) is 10.1 Å². The first-order valence-electron chi connectivity index (χ1n) is 8.15. The number of aryl methyl sites for hydroxylation is 1. The van der Waals surface area contributed by atoms with Crippen LogP contribution in [0.3, 0.4) is 0 Å². The number of hydrogen-bond acceptors (Lipinski definition) is 4. The number of hydrogen-bond donors (Lipinski definition) is 2. The number of aliphatic carboxylic acids is 1. The van der Waals surface area contributed by atoms with Crippen LogP contribution >= 0.6 is 43.8 Å². The molecule has 0 aromatic carbocycles. The molecule has 3 atom stereocenters. The Bertz CT molecular complexity index is 1000. The van der Waals surface area contributed by atoms with Crippen molar-refractivity contribution in [3.05, 3.63) is 37.4 Å². The van der Waals surface area contributed by atoms with Crippen LogP contribution in [0.2, 0.25) is 0 Å². The zero-order valence-electron chi connectivity index (χ0n) is 15.1. The molecule has 29 heavy (non-hydrogen) atoms. The average Bonchev–Trinajstić information content (AvgIpc) is 3.24. The number of carbonyl (C=O) groups is 2. The molecule has 1 aromatic rings. The predicted octanol–water partition coefficient (Wildman–Crippen LogP) is 5.43. The van der Waals surface area contributed by atoms with Crippen LogP contribution in [0.25, 0.3) is 5.57 Å². The van der Waals surface area contributed by atoms with Crippen LogP contribution < -0.4 is 0 Å². The molecule has 0 spiro atoms. The molecule has 0 bridgehead atoms. The molecule has 0 fully saturated rings. The second kappa shape index (κ2) is 7.49. The maximum absolute atomic E-state index is 15.3. The van der Waals surface area contributed by atoms with Crippen LogP contribution in [0.1, 0.15) is 33.5 Å². The molecular formula is C18H15F4IO4S2. The number of aromatic carboxylic acids is 1. The van der Waals surface area contributed by atoms with Crippen molar-refractivity contribution >= 4 is 65.9 Å². The van der Waals surface area contributed by atoms with Gasteiger partial charge in [0.15, 0.2) is 6.17 Å². The molecule has 1 aliphatic heterocycles. The van der Waals surface area contributed by atoms with E-state index in [1.165, 1.54) is 13.8 Å². The Morgan fingerprint density at radius 1 is 1.28 bits per heavy atom. The van der Waals surface area contributed by atoms with Gasteiger partial charge >= 0.3 is 17.9 Å². The summed E-state index contributed by atoms with van der Waals surface area (Å²) in [6.07, 6.45) is -2.99. The number of thioether (sulfide) groups is 1. The maximum atomic E-state index is 15.3. The Labute approximate surface area is 181 Å². The summed E-state index contributed by atoms with van der Waals surface area (Å²) in [5, 5.41) is 17.4. The van der Waals surface area contributed by atoms with E-state index in [4.69, 9.17) is 0 Å². The molecule has 0 saturated heterocycles. The summed E-state index contributed by atoms with van der Waals surface area (Å²) in [7, 11) is 0. The predicted molar refractivity (Wildman–Crippen MR) is 114 cm³/mol. The Hall–Kier alpha value is -1.21. The Morgan fingerprint density at radius 3 is 2.34 bits per heavy atom. The fourth-order valence-electron chi connectivity index (χ4n) is 3.50. The van der Waals surface area contributed by atoms with Crippen molar-refractivity contribution in [1.82, 2.24) is 0 Å². The second-order valence-electron chi connectivity index (χ2n) is 6.55. The van der Waals surface area contributed by atoms with Crippen molar-refractivity contribution in [3.8, 4) is 0 Å². The highest BCUT2D eigenvalue weighted by atomic mass is 127. The van der Waals surface area contributed by atoms with E-state index in [1.54, 1.807) is 0 Å². The van der Waals surface area contributed by atoms with Gasteiger partial charge in [-0.3, -0.25) is 4.79 Å². The summed E-state index contributed by atoms with van der Waals surface area (Å²) < 4.78 is 61.0. The highest BCUT2D eigenvalue weighted by molar-refractivity contribution is 14.2. The molecule has 4 nitrogen and oxygen atoms in total. The summed E-state index contributed by atoms with van der Waals surface area (Å²) in [5.41, 5.74) is -1.63. The number of thiophene rings is 1. The third-order valence-corrected chi connectivity index (χ3v) is 9.52. The van der Waals surface area contributed by atoms with E-state index in [2.05, 4.69) is 4.51 Å². The fraction of sp³-hybridized carbons (Fsp3) is 0.389. The first-order chi connectivity index (χ1) is 13.4. The molecule has 3 rings (SSSR count). The molecule has 1 aliphatic carbocycles. The van der Waals surface area contributed by atoms with E-state index in [1.807, 2.05) is 0 Å². The molecule has 1 aromatic heterocycles. The van der Waals surface area contributed by atoms with E-state index in [0.717, 1.165) is 29.2 Å². The molecular weight excluding hydrogens is 547 g/mol. The fourth-order valence-corrected chi connectivity index (χ4v) is 6.93. The molecule has 1 unspecified atom stereocenters. The van der Waals surface area contributed by atoms with Crippen molar-refractivity contribution < 1.29 is 37.4 Å². The summed E-state index contributed by atoms with van der Waals surface area (Å²) in [6.45, 7) is 2.89. The maximum Gasteiger partial charge on any atom is 0.345 e. The zero-order valence-corrected chi connectivity index (χ0v) is 18.9. The molecule has 158 valence electrons. The van der Waals surface area contributed by atoms with Crippen molar-refractivity contribution in [3.63, 3.8) is 0 Å². The van der Waals surface area contributed by atoms with Crippen molar-refractivity contribution in [2.45, 2.75) is 41.3 Å². The molecule has 0 amide bonds. The van der Waals surface area contributed by atoms with Crippen LogP contribution in [0, 0.1) is 6.92 Å². The van der Waals surface area contributed by atoms with Crippen molar-refractivity contribution in [2.24, 2.45) is 0 Å². The SMILES string of the molecule is C=I[C@@]1(F)[C@H](F)C(c2cc(C(=O)O)sc2C)=C(C2=C(C)SC(C(=O)O)C2)C1(F)F. The zero-order chi connectivity index (χ0) is 21.9. The smallest absolute Gasteiger partial charge is 0.345 e. The lowest BCUT2D eigenvalue weighted by atomic mass is 9.92. The highest BCUT2D eigenvalue weighted by Crippen LogP contribution is 2.63.